The Morgan fingerprint density at radius 1 is 1.24 bits per heavy atom. The lowest BCUT2D eigenvalue weighted by Crippen LogP contribution is -2.06. The molecule has 0 atom stereocenters. The van der Waals surface area contributed by atoms with E-state index in [9.17, 15) is 0 Å². The van der Waals surface area contributed by atoms with Crippen LogP contribution in [0.5, 0.6) is 0 Å². The molecule has 0 aliphatic heterocycles. The van der Waals surface area contributed by atoms with Crippen molar-refractivity contribution in [1.29, 1.82) is 0 Å². The highest BCUT2D eigenvalue weighted by atomic mass is 35.5. The number of hydrogen-bond donors (Lipinski definition) is 0. The molecule has 0 unspecified atom stereocenters. The quantitative estimate of drug-likeness (QED) is 0.841. The van der Waals surface area contributed by atoms with Crippen molar-refractivity contribution in [2.24, 2.45) is 0 Å². The standard InChI is InChI=1S/C12H15ClN4/c1-4-11-8(2)16-17(9(11)3)7-10-5-6-12(13)15-14-10/h5-6H,4,7H2,1-3H3. The molecule has 0 saturated heterocycles. The fraction of sp³-hybridized carbons (Fsp3) is 0.417. The average molecular weight is 251 g/mol. The number of aromatic nitrogens is 4. The summed E-state index contributed by atoms with van der Waals surface area (Å²) in [4.78, 5) is 0. The van der Waals surface area contributed by atoms with E-state index in [1.807, 2.05) is 17.7 Å². The molecule has 0 aliphatic rings. The lowest BCUT2D eigenvalue weighted by Gasteiger charge is -2.03. The van der Waals surface area contributed by atoms with Crippen LogP contribution in [-0.2, 0) is 13.0 Å². The van der Waals surface area contributed by atoms with Crippen molar-refractivity contribution in [2.45, 2.75) is 33.7 Å². The van der Waals surface area contributed by atoms with E-state index in [1.54, 1.807) is 6.07 Å². The molecule has 90 valence electrons. The maximum atomic E-state index is 5.70. The summed E-state index contributed by atoms with van der Waals surface area (Å²) in [6.07, 6.45) is 1.00. The summed E-state index contributed by atoms with van der Waals surface area (Å²) in [5, 5.41) is 12.8. The Labute approximate surface area is 106 Å². The van der Waals surface area contributed by atoms with Crippen LogP contribution in [0.2, 0.25) is 5.15 Å². The first-order valence-corrected chi connectivity index (χ1v) is 6.00. The van der Waals surface area contributed by atoms with Gasteiger partial charge in [0, 0.05) is 5.69 Å². The highest BCUT2D eigenvalue weighted by Crippen LogP contribution is 2.14. The summed E-state index contributed by atoms with van der Waals surface area (Å²) in [6, 6.07) is 3.62. The molecule has 0 aliphatic carbocycles. The zero-order valence-electron chi connectivity index (χ0n) is 10.2. The highest BCUT2D eigenvalue weighted by Gasteiger charge is 2.10. The molecular formula is C12H15ClN4. The molecule has 0 amide bonds. The second-order valence-electron chi connectivity index (χ2n) is 4.01. The number of nitrogens with zero attached hydrogens (tertiary/aromatic N) is 4. The molecular weight excluding hydrogens is 236 g/mol. The largest absolute Gasteiger partial charge is 0.263 e. The summed E-state index contributed by atoms with van der Waals surface area (Å²) in [7, 11) is 0. The van der Waals surface area contributed by atoms with E-state index in [1.165, 1.54) is 11.3 Å². The summed E-state index contributed by atoms with van der Waals surface area (Å²) in [5.41, 5.74) is 4.46. The molecule has 2 rings (SSSR count). The first-order valence-electron chi connectivity index (χ1n) is 5.62. The minimum Gasteiger partial charge on any atom is -0.263 e. The normalized spacial score (nSPS) is 10.8. The second-order valence-corrected chi connectivity index (χ2v) is 4.40. The van der Waals surface area contributed by atoms with E-state index >= 15 is 0 Å². The van der Waals surface area contributed by atoms with Crippen molar-refractivity contribution in [3.05, 3.63) is 39.9 Å². The first-order chi connectivity index (χ1) is 8.11. The Morgan fingerprint density at radius 3 is 2.53 bits per heavy atom. The van der Waals surface area contributed by atoms with Gasteiger partial charge in [0.05, 0.1) is 17.9 Å². The summed E-state index contributed by atoms with van der Waals surface area (Å²) >= 11 is 5.70. The lowest BCUT2D eigenvalue weighted by molar-refractivity contribution is 0.638. The van der Waals surface area contributed by atoms with Crippen molar-refractivity contribution >= 4 is 11.6 Å². The maximum Gasteiger partial charge on any atom is 0.151 e. The Kier molecular flexibility index (Phi) is 3.43. The molecule has 0 spiro atoms. The third-order valence-electron chi connectivity index (χ3n) is 2.88. The molecule has 0 saturated carbocycles. The van der Waals surface area contributed by atoms with E-state index in [0.29, 0.717) is 11.7 Å². The van der Waals surface area contributed by atoms with Crippen LogP contribution in [0.4, 0.5) is 0 Å². The van der Waals surface area contributed by atoms with Gasteiger partial charge in [-0.1, -0.05) is 18.5 Å². The third-order valence-corrected chi connectivity index (χ3v) is 3.09. The highest BCUT2D eigenvalue weighted by molar-refractivity contribution is 6.29. The van der Waals surface area contributed by atoms with Gasteiger partial charge in [-0.05, 0) is 38.0 Å². The number of hydrogen-bond acceptors (Lipinski definition) is 3. The van der Waals surface area contributed by atoms with Crippen LogP contribution in [-0.4, -0.2) is 20.0 Å². The van der Waals surface area contributed by atoms with Crippen LogP contribution in [0.1, 0.15) is 29.6 Å². The summed E-state index contributed by atoms with van der Waals surface area (Å²) in [6.45, 7) is 6.90. The van der Waals surface area contributed by atoms with Crippen LogP contribution >= 0.6 is 11.6 Å². The summed E-state index contributed by atoms with van der Waals surface area (Å²) < 4.78 is 1.96. The average Bonchev–Trinajstić information content (AvgIpc) is 2.57. The topological polar surface area (TPSA) is 43.6 Å². The van der Waals surface area contributed by atoms with E-state index in [2.05, 4.69) is 29.1 Å². The zero-order valence-corrected chi connectivity index (χ0v) is 11.0. The van der Waals surface area contributed by atoms with Crippen LogP contribution < -0.4 is 0 Å². The van der Waals surface area contributed by atoms with Gasteiger partial charge in [0.25, 0.3) is 0 Å². The predicted molar refractivity (Wildman–Crippen MR) is 67.2 cm³/mol. The van der Waals surface area contributed by atoms with Crippen LogP contribution in [0, 0.1) is 13.8 Å². The minimum atomic E-state index is 0.413. The molecule has 0 bridgehead atoms. The van der Waals surface area contributed by atoms with Gasteiger partial charge in [0.15, 0.2) is 5.15 Å². The minimum absolute atomic E-state index is 0.413. The zero-order chi connectivity index (χ0) is 12.4. The maximum absolute atomic E-state index is 5.70. The van der Waals surface area contributed by atoms with Crippen molar-refractivity contribution in [3.8, 4) is 0 Å². The van der Waals surface area contributed by atoms with Gasteiger partial charge >= 0.3 is 0 Å². The number of rotatable bonds is 3. The van der Waals surface area contributed by atoms with Crippen LogP contribution in [0.15, 0.2) is 12.1 Å². The molecule has 2 heterocycles. The van der Waals surface area contributed by atoms with E-state index < -0.39 is 0 Å². The van der Waals surface area contributed by atoms with Gasteiger partial charge in [-0.2, -0.15) is 10.2 Å². The van der Waals surface area contributed by atoms with Gasteiger partial charge in [-0.15, -0.1) is 5.10 Å². The second kappa shape index (κ2) is 4.84. The Balaban J connectivity index is 2.27. The van der Waals surface area contributed by atoms with Gasteiger partial charge < -0.3 is 0 Å². The molecule has 0 N–H and O–H groups in total. The summed E-state index contributed by atoms with van der Waals surface area (Å²) in [5.74, 6) is 0. The van der Waals surface area contributed by atoms with Crippen LogP contribution in [0.25, 0.3) is 0 Å². The molecule has 4 nitrogen and oxygen atoms in total. The predicted octanol–water partition coefficient (Wildman–Crippen LogP) is 2.55. The van der Waals surface area contributed by atoms with Crippen molar-refractivity contribution in [3.63, 3.8) is 0 Å². The first kappa shape index (κ1) is 12.0. The molecule has 0 aromatic carbocycles. The smallest absolute Gasteiger partial charge is 0.151 e. The Morgan fingerprint density at radius 2 is 2.00 bits per heavy atom. The van der Waals surface area contributed by atoms with Gasteiger partial charge in [-0.3, -0.25) is 4.68 Å². The molecule has 0 fully saturated rings. The number of halogens is 1. The molecule has 2 aromatic rings. The number of aryl methyl sites for hydroxylation is 1. The van der Waals surface area contributed by atoms with Gasteiger partial charge in [0.1, 0.15) is 0 Å². The molecule has 0 radical (unpaired) electrons. The van der Waals surface area contributed by atoms with E-state index in [0.717, 1.165) is 17.8 Å². The SMILES string of the molecule is CCc1c(C)nn(Cc2ccc(Cl)nn2)c1C. The van der Waals surface area contributed by atoms with Crippen molar-refractivity contribution in [1.82, 2.24) is 20.0 Å². The van der Waals surface area contributed by atoms with Gasteiger partial charge in [-0.25, -0.2) is 0 Å². The Hall–Kier alpha value is -1.42. The van der Waals surface area contributed by atoms with Gasteiger partial charge in [0.2, 0.25) is 0 Å². The molecule has 2 aromatic heterocycles. The lowest BCUT2D eigenvalue weighted by atomic mass is 10.1. The molecule has 5 heteroatoms. The van der Waals surface area contributed by atoms with Crippen LogP contribution in [0.3, 0.4) is 0 Å². The molecule has 17 heavy (non-hydrogen) atoms. The monoisotopic (exact) mass is 250 g/mol. The fourth-order valence-corrected chi connectivity index (χ4v) is 2.08. The third kappa shape index (κ3) is 2.47. The Bertz CT molecular complexity index is 516. The fourth-order valence-electron chi connectivity index (χ4n) is 1.98. The van der Waals surface area contributed by atoms with E-state index in [4.69, 9.17) is 11.6 Å². The van der Waals surface area contributed by atoms with E-state index in [-0.39, 0.29) is 0 Å². The van der Waals surface area contributed by atoms with Crippen molar-refractivity contribution < 1.29 is 0 Å². The van der Waals surface area contributed by atoms with Crippen molar-refractivity contribution in [2.75, 3.05) is 0 Å².